The lowest BCUT2D eigenvalue weighted by molar-refractivity contribution is 0.524. The summed E-state index contributed by atoms with van der Waals surface area (Å²) in [6.45, 7) is 6.89. The van der Waals surface area contributed by atoms with Gasteiger partial charge in [-0.2, -0.15) is 0 Å². The van der Waals surface area contributed by atoms with Crippen LogP contribution in [0.4, 0.5) is 4.39 Å². The highest BCUT2D eigenvalue weighted by Gasteiger charge is 2.16. The molecule has 2 rings (SSSR count). The average Bonchev–Trinajstić information content (AvgIpc) is 2.41. The van der Waals surface area contributed by atoms with Gasteiger partial charge in [-0.1, -0.05) is 31.2 Å². The van der Waals surface area contributed by atoms with Gasteiger partial charge in [-0.05, 0) is 50.1 Å². The van der Waals surface area contributed by atoms with Crippen molar-refractivity contribution in [3.63, 3.8) is 0 Å². The predicted octanol–water partition coefficient (Wildman–Crippen LogP) is 3.73. The lowest BCUT2D eigenvalue weighted by atomic mass is 9.97. The molecule has 0 saturated carbocycles. The van der Waals surface area contributed by atoms with Crippen LogP contribution in [0.2, 0.25) is 0 Å². The van der Waals surface area contributed by atoms with Crippen LogP contribution in [0, 0.1) is 19.7 Å². The molecule has 20 heavy (non-hydrogen) atoms. The molecule has 1 atom stereocenters. The van der Waals surface area contributed by atoms with Gasteiger partial charge in [-0.3, -0.25) is 4.98 Å². The van der Waals surface area contributed by atoms with Crippen molar-refractivity contribution >= 4 is 0 Å². The van der Waals surface area contributed by atoms with E-state index in [-0.39, 0.29) is 11.9 Å². The number of nitrogens with one attached hydrogen (secondary N) is 1. The van der Waals surface area contributed by atoms with E-state index in [1.807, 2.05) is 32.0 Å². The summed E-state index contributed by atoms with van der Waals surface area (Å²) >= 11 is 0. The Morgan fingerprint density at radius 1 is 1.15 bits per heavy atom. The summed E-state index contributed by atoms with van der Waals surface area (Å²) in [5, 5.41) is 3.43. The van der Waals surface area contributed by atoms with Crippen molar-refractivity contribution < 1.29 is 4.39 Å². The van der Waals surface area contributed by atoms with E-state index in [0.717, 1.165) is 29.1 Å². The highest BCUT2D eigenvalue weighted by Crippen LogP contribution is 2.22. The van der Waals surface area contributed by atoms with Crippen LogP contribution in [-0.4, -0.2) is 11.5 Å². The monoisotopic (exact) mass is 272 g/mol. The van der Waals surface area contributed by atoms with Gasteiger partial charge < -0.3 is 5.32 Å². The van der Waals surface area contributed by atoms with Crippen molar-refractivity contribution in [3.05, 3.63) is 64.7 Å². The Hall–Kier alpha value is -1.74. The van der Waals surface area contributed by atoms with Gasteiger partial charge in [0.25, 0.3) is 0 Å². The highest BCUT2D eigenvalue weighted by molar-refractivity contribution is 5.28. The number of benzene rings is 1. The maximum atomic E-state index is 13.8. The molecule has 0 spiro atoms. The van der Waals surface area contributed by atoms with E-state index >= 15 is 0 Å². The first-order valence-corrected chi connectivity index (χ1v) is 7.02. The van der Waals surface area contributed by atoms with Gasteiger partial charge in [-0.15, -0.1) is 0 Å². The molecule has 0 aliphatic heterocycles. The van der Waals surface area contributed by atoms with E-state index < -0.39 is 0 Å². The Balaban J connectivity index is 2.29. The molecule has 0 fully saturated rings. The van der Waals surface area contributed by atoms with Gasteiger partial charge in [0.2, 0.25) is 0 Å². The molecule has 0 amide bonds. The highest BCUT2D eigenvalue weighted by atomic mass is 19.1. The molecule has 1 aromatic carbocycles. The molecule has 106 valence electrons. The summed E-state index contributed by atoms with van der Waals surface area (Å²) in [7, 11) is 0. The molecular weight excluding hydrogens is 251 g/mol. The maximum Gasteiger partial charge on any atom is 0.126 e. The number of pyridine rings is 1. The standard InChI is InChI=1S/C17H21FN2/c1-4-19-17(11-14-7-5-6-8-16(14)18)15-10-9-12(2)20-13(15)3/h5-10,17,19H,4,11H2,1-3H3. The smallest absolute Gasteiger partial charge is 0.126 e. The summed E-state index contributed by atoms with van der Waals surface area (Å²) < 4.78 is 13.8. The van der Waals surface area contributed by atoms with E-state index in [2.05, 4.69) is 23.3 Å². The third-order valence-corrected chi connectivity index (χ3v) is 3.47. The number of nitrogens with zero attached hydrogens (tertiary/aromatic N) is 1. The lowest BCUT2D eigenvalue weighted by Crippen LogP contribution is -2.24. The fourth-order valence-electron chi connectivity index (χ4n) is 2.49. The molecule has 3 heteroatoms. The first-order chi connectivity index (χ1) is 9.61. The summed E-state index contributed by atoms with van der Waals surface area (Å²) in [4.78, 5) is 4.51. The van der Waals surface area contributed by atoms with Gasteiger partial charge in [0.15, 0.2) is 0 Å². The Morgan fingerprint density at radius 3 is 2.55 bits per heavy atom. The van der Waals surface area contributed by atoms with Gasteiger partial charge >= 0.3 is 0 Å². The number of hydrogen-bond donors (Lipinski definition) is 1. The van der Waals surface area contributed by atoms with E-state index in [1.165, 1.54) is 6.07 Å². The lowest BCUT2D eigenvalue weighted by Gasteiger charge is -2.20. The van der Waals surface area contributed by atoms with E-state index in [0.29, 0.717) is 6.42 Å². The minimum atomic E-state index is -0.145. The molecular formula is C17H21FN2. The predicted molar refractivity (Wildman–Crippen MR) is 80.2 cm³/mol. The molecule has 2 aromatic rings. The number of rotatable bonds is 5. The third-order valence-electron chi connectivity index (χ3n) is 3.47. The normalized spacial score (nSPS) is 12.4. The fourth-order valence-corrected chi connectivity index (χ4v) is 2.49. The van der Waals surface area contributed by atoms with Gasteiger partial charge in [0, 0.05) is 17.4 Å². The molecule has 1 unspecified atom stereocenters. The van der Waals surface area contributed by atoms with Crippen molar-refractivity contribution in [2.75, 3.05) is 6.54 Å². The Morgan fingerprint density at radius 2 is 1.90 bits per heavy atom. The van der Waals surface area contributed by atoms with E-state index in [1.54, 1.807) is 6.07 Å². The SMILES string of the molecule is CCNC(Cc1ccccc1F)c1ccc(C)nc1C. The molecule has 0 radical (unpaired) electrons. The van der Waals surface area contributed by atoms with E-state index in [9.17, 15) is 4.39 Å². The summed E-state index contributed by atoms with van der Waals surface area (Å²) in [5.41, 5.74) is 3.89. The minimum absolute atomic E-state index is 0.0880. The zero-order valence-corrected chi connectivity index (χ0v) is 12.3. The van der Waals surface area contributed by atoms with Crippen molar-refractivity contribution in [2.24, 2.45) is 0 Å². The number of likely N-dealkylation sites (N-methyl/N-ethyl adjacent to an activating group) is 1. The molecule has 0 aliphatic rings. The van der Waals surface area contributed by atoms with E-state index in [4.69, 9.17) is 0 Å². The molecule has 0 saturated heterocycles. The van der Waals surface area contributed by atoms with Crippen LogP contribution in [0.15, 0.2) is 36.4 Å². The van der Waals surface area contributed by atoms with Crippen LogP contribution in [0.3, 0.4) is 0 Å². The van der Waals surface area contributed by atoms with Crippen LogP contribution in [-0.2, 0) is 6.42 Å². The third kappa shape index (κ3) is 3.42. The average molecular weight is 272 g/mol. The van der Waals surface area contributed by atoms with Crippen molar-refractivity contribution in [3.8, 4) is 0 Å². The topological polar surface area (TPSA) is 24.9 Å². The summed E-state index contributed by atoms with van der Waals surface area (Å²) in [5.74, 6) is -0.145. The van der Waals surface area contributed by atoms with Crippen LogP contribution in [0.1, 0.15) is 35.5 Å². The number of hydrogen-bond acceptors (Lipinski definition) is 2. The molecule has 1 aromatic heterocycles. The molecule has 1 heterocycles. The second-order valence-corrected chi connectivity index (χ2v) is 5.03. The van der Waals surface area contributed by atoms with Crippen molar-refractivity contribution in [1.29, 1.82) is 0 Å². The summed E-state index contributed by atoms with van der Waals surface area (Å²) in [6.07, 6.45) is 0.631. The Bertz CT molecular complexity index is 581. The fraction of sp³-hybridized carbons (Fsp3) is 0.353. The second kappa shape index (κ2) is 6.62. The van der Waals surface area contributed by atoms with Crippen LogP contribution < -0.4 is 5.32 Å². The van der Waals surface area contributed by atoms with Crippen LogP contribution in [0.5, 0.6) is 0 Å². The summed E-state index contributed by atoms with van der Waals surface area (Å²) in [6, 6.07) is 11.1. The first kappa shape index (κ1) is 14.7. The zero-order chi connectivity index (χ0) is 14.5. The molecule has 0 aliphatic carbocycles. The van der Waals surface area contributed by atoms with Gasteiger partial charge in [0.05, 0.1) is 0 Å². The Kier molecular flexibility index (Phi) is 4.85. The van der Waals surface area contributed by atoms with Crippen LogP contribution in [0.25, 0.3) is 0 Å². The first-order valence-electron chi connectivity index (χ1n) is 7.02. The molecule has 2 nitrogen and oxygen atoms in total. The van der Waals surface area contributed by atoms with Crippen molar-refractivity contribution in [2.45, 2.75) is 33.2 Å². The molecule has 0 bridgehead atoms. The van der Waals surface area contributed by atoms with Crippen molar-refractivity contribution in [1.82, 2.24) is 10.3 Å². The number of aromatic nitrogens is 1. The Labute approximate surface area is 120 Å². The maximum absolute atomic E-state index is 13.8. The van der Waals surface area contributed by atoms with Gasteiger partial charge in [0.1, 0.15) is 5.82 Å². The number of aryl methyl sites for hydroxylation is 2. The largest absolute Gasteiger partial charge is 0.310 e. The number of halogens is 1. The minimum Gasteiger partial charge on any atom is -0.310 e. The second-order valence-electron chi connectivity index (χ2n) is 5.03. The van der Waals surface area contributed by atoms with Crippen LogP contribution >= 0.6 is 0 Å². The quantitative estimate of drug-likeness (QED) is 0.897. The molecule has 1 N–H and O–H groups in total. The van der Waals surface area contributed by atoms with Gasteiger partial charge in [-0.25, -0.2) is 4.39 Å². The zero-order valence-electron chi connectivity index (χ0n) is 12.3.